The van der Waals surface area contributed by atoms with Crippen LogP contribution in [-0.4, -0.2) is 11.6 Å². The van der Waals surface area contributed by atoms with Crippen LogP contribution in [-0.2, 0) is 6.42 Å². The third kappa shape index (κ3) is 5.19. The number of pyridine rings is 1. The Morgan fingerprint density at radius 3 is 2.25 bits per heavy atom. The summed E-state index contributed by atoms with van der Waals surface area (Å²) in [5.74, 6) is 0.318. The highest BCUT2D eigenvalue weighted by Gasteiger charge is 2.08. The quantitative estimate of drug-likeness (QED) is 0.372. The summed E-state index contributed by atoms with van der Waals surface area (Å²) in [5, 5.41) is 0. The molecule has 0 spiro atoms. The largest absolute Gasteiger partial charge is 0.493 e. The van der Waals surface area contributed by atoms with Gasteiger partial charge in [0.2, 0.25) is 0 Å². The standard InChI is InChI=1S/C25H28FNO/c1-3-5-7-19-8-15-25(27-18-19)21-11-9-20(10-12-21)23-14-13-22(17-24(23)26)28-16-6-4-2/h8-15,17-18H,3-7,16H2,1-2H3. The highest BCUT2D eigenvalue weighted by molar-refractivity contribution is 5.69. The average molecular weight is 378 g/mol. The lowest BCUT2D eigenvalue weighted by Crippen LogP contribution is -1.97. The molecule has 0 aliphatic heterocycles. The predicted molar refractivity (Wildman–Crippen MR) is 114 cm³/mol. The third-order valence-electron chi connectivity index (χ3n) is 4.84. The molecule has 1 aromatic heterocycles. The molecule has 146 valence electrons. The van der Waals surface area contributed by atoms with Crippen molar-refractivity contribution >= 4 is 0 Å². The van der Waals surface area contributed by atoms with Crippen LogP contribution in [0.2, 0.25) is 0 Å². The predicted octanol–water partition coefficient (Wildman–Crippen LogP) is 7.08. The van der Waals surface area contributed by atoms with Gasteiger partial charge in [-0.2, -0.15) is 0 Å². The average Bonchev–Trinajstić information content (AvgIpc) is 2.73. The smallest absolute Gasteiger partial charge is 0.134 e. The minimum atomic E-state index is -0.264. The number of rotatable bonds is 9. The van der Waals surface area contributed by atoms with Gasteiger partial charge in [-0.3, -0.25) is 4.98 Å². The van der Waals surface area contributed by atoms with Crippen LogP contribution >= 0.6 is 0 Å². The van der Waals surface area contributed by atoms with Gasteiger partial charge in [0.1, 0.15) is 11.6 Å². The molecule has 0 unspecified atom stereocenters. The van der Waals surface area contributed by atoms with Crippen LogP contribution in [0.3, 0.4) is 0 Å². The first kappa shape index (κ1) is 20.1. The zero-order valence-electron chi connectivity index (χ0n) is 16.7. The third-order valence-corrected chi connectivity index (χ3v) is 4.84. The second kappa shape index (κ2) is 10.0. The van der Waals surface area contributed by atoms with Crippen LogP contribution < -0.4 is 4.74 Å². The lowest BCUT2D eigenvalue weighted by Gasteiger charge is -2.09. The van der Waals surface area contributed by atoms with E-state index >= 15 is 0 Å². The topological polar surface area (TPSA) is 22.1 Å². The summed E-state index contributed by atoms with van der Waals surface area (Å²) in [5.41, 5.74) is 4.67. The summed E-state index contributed by atoms with van der Waals surface area (Å²) >= 11 is 0. The van der Waals surface area contributed by atoms with Gasteiger partial charge in [0.25, 0.3) is 0 Å². The number of hydrogen-bond donors (Lipinski definition) is 0. The summed E-state index contributed by atoms with van der Waals surface area (Å²) in [7, 11) is 0. The fourth-order valence-electron chi connectivity index (χ4n) is 3.10. The molecule has 0 atom stereocenters. The lowest BCUT2D eigenvalue weighted by atomic mass is 10.0. The number of nitrogens with zero attached hydrogens (tertiary/aromatic N) is 1. The normalized spacial score (nSPS) is 10.8. The molecule has 0 radical (unpaired) electrons. The summed E-state index contributed by atoms with van der Waals surface area (Å²) in [6.45, 7) is 4.92. The Kier molecular flexibility index (Phi) is 7.18. The molecule has 1 heterocycles. The molecule has 0 saturated carbocycles. The number of halogens is 1. The van der Waals surface area contributed by atoms with Crippen LogP contribution in [0.25, 0.3) is 22.4 Å². The van der Waals surface area contributed by atoms with Crippen molar-refractivity contribution in [2.75, 3.05) is 6.61 Å². The highest BCUT2D eigenvalue weighted by atomic mass is 19.1. The molecule has 0 bridgehead atoms. The lowest BCUT2D eigenvalue weighted by molar-refractivity contribution is 0.308. The minimum absolute atomic E-state index is 0.264. The molecule has 0 saturated heterocycles. The van der Waals surface area contributed by atoms with Crippen molar-refractivity contribution < 1.29 is 9.13 Å². The fraction of sp³-hybridized carbons (Fsp3) is 0.320. The molecule has 28 heavy (non-hydrogen) atoms. The number of benzene rings is 2. The molecule has 3 heteroatoms. The van der Waals surface area contributed by atoms with Crippen LogP contribution in [0, 0.1) is 5.82 Å². The van der Waals surface area contributed by atoms with Crippen molar-refractivity contribution in [1.29, 1.82) is 0 Å². The Morgan fingerprint density at radius 1 is 0.857 bits per heavy atom. The van der Waals surface area contributed by atoms with E-state index in [2.05, 4.69) is 31.0 Å². The van der Waals surface area contributed by atoms with Crippen molar-refractivity contribution in [3.63, 3.8) is 0 Å². The van der Waals surface area contributed by atoms with Gasteiger partial charge in [-0.05, 0) is 48.6 Å². The Bertz CT molecular complexity index is 872. The van der Waals surface area contributed by atoms with E-state index < -0.39 is 0 Å². The second-order valence-electron chi connectivity index (χ2n) is 7.08. The van der Waals surface area contributed by atoms with Crippen molar-refractivity contribution in [3.8, 4) is 28.1 Å². The molecule has 0 fully saturated rings. The Hall–Kier alpha value is -2.68. The minimum Gasteiger partial charge on any atom is -0.493 e. The second-order valence-corrected chi connectivity index (χ2v) is 7.08. The van der Waals surface area contributed by atoms with E-state index in [1.165, 1.54) is 24.5 Å². The van der Waals surface area contributed by atoms with Crippen LogP contribution in [0.1, 0.15) is 45.1 Å². The maximum atomic E-state index is 14.5. The Labute approximate surface area is 167 Å². The summed E-state index contributed by atoms with van der Waals surface area (Å²) in [6.07, 6.45) is 7.42. The number of aryl methyl sites for hydroxylation is 1. The summed E-state index contributed by atoms with van der Waals surface area (Å²) in [4.78, 5) is 4.58. The maximum absolute atomic E-state index is 14.5. The molecule has 3 aromatic rings. The highest BCUT2D eigenvalue weighted by Crippen LogP contribution is 2.28. The van der Waals surface area contributed by atoms with E-state index in [4.69, 9.17) is 4.74 Å². The SMILES string of the molecule is CCCCOc1ccc(-c2ccc(-c3ccc(CCCC)cn3)cc2)c(F)c1. The first-order valence-corrected chi connectivity index (χ1v) is 10.2. The van der Waals surface area contributed by atoms with Gasteiger partial charge in [0, 0.05) is 23.4 Å². The number of ether oxygens (including phenoxy) is 1. The monoisotopic (exact) mass is 377 g/mol. The molecule has 0 aliphatic rings. The van der Waals surface area contributed by atoms with Crippen molar-refractivity contribution in [1.82, 2.24) is 4.98 Å². The molecule has 2 nitrogen and oxygen atoms in total. The maximum Gasteiger partial charge on any atom is 0.134 e. The van der Waals surface area contributed by atoms with E-state index in [9.17, 15) is 4.39 Å². The van der Waals surface area contributed by atoms with Gasteiger partial charge in [0.15, 0.2) is 0 Å². The van der Waals surface area contributed by atoms with E-state index in [1.807, 2.05) is 36.5 Å². The van der Waals surface area contributed by atoms with E-state index in [-0.39, 0.29) is 5.82 Å². The Morgan fingerprint density at radius 2 is 1.61 bits per heavy atom. The number of aromatic nitrogens is 1. The molecule has 0 aliphatic carbocycles. The van der Waals surface area contributed by atoms with Crippen molar-refractivity contribution in [3.05, 3.63) is 72.2 Å². The summed E-state index contributed by atoms with van der Waals surface area (Å²) in [6, 6.07) is 17.2. The molecular weight excluding hydrogens is 349 g/mol. The first-order valence-electron chi connectivity index (χ1n) is 10.2. The molecule has 2 aromatic carbocycles. The van der Waals surface area contributed by atoms with Gasteiger partial charge < -0.3 is 4.74 Å². The summed E-state index contributed by atoms with van der Waals surface area (Å²) < 4.78 is 20.1. The van der Waals surface area contributed by atoms with Gasteiger partial charge in [0.05, 0.1) is 12.3 Å². The van der Waals surface area contributed by atoms with Gasteiger partial charge in [-0.1, -0.05) is 57.0 Å². The van der Waals surface area contributed by atoms with Crippen LogP contribution in [0.5, 0.6) is 5.75 Å². The van der Waals surface area contributed by atoms with E-state index in [0.29, 0.717) is 17.9 Å². The first-order chi connectivity index (χ1) is 13.7. The molecule has 0 N–H and O–H groups in total. The number of hydrogen-bond acceptors (Lipinski definition) is 2. The van der Waals surface area contributed by atoms with Gasteiger partial charge in [-0.15, -0.1) is 0 Å². The van der Waals surface area contributed by atoms with E-state index in [1.54, 1.807) is 6.07 Å². The van der Waals surface area contributed by atoms with Gasteiger partial charge in [-0.25, -0.2) is 4.39 Å². The van der Waals surface area contributed by atoms with Crippen LogP contribution in [0.4, 0.5) is 4.39 Å². The fourth-order valence-corrected chi connectivity index (χ4v) is 3.10. The zero-order chi connectivity index (χ0) is 19.8. The van der Waals surface area contributed by atoms with Crippen molar-refractivity contribution in [2.24, 2.45) is 0 Å². The van der Waals surface area contributed by atoms with Crippen molar-refractivity contribution in [2.45, 2.75) is 46.0 Å². The van der Waals surface area contributed by atoms with E-state index in [0.717, 1.165) is 36.1 Å². The van der Waals surface area contributed by atoms with Crippen LogP contribution in [0.15, 0.2) is 60.8 Å². The Balaban J connectivity index is 1.71. The molecular formula is C25H28FNO. The molecule has 3 rings (SSSR count). The van der Waals surface area contributed by atoms with Gasteiger partial charge >= 0.3 is 0 Å². The molecule has 0 amide bonds. The zero-order valence-corrected chi connectivity index (χ0v) is 16.7. The number of unbranched alkanes of at least 4 members (excludes halogenated alkanes) is 2.